The summed E-state index contributed by atoms with van der Waals surface area (Å²) in [7, 11) is 4.26. The Morgan fingerprint density at radius 3 is 1.33 bits per heavy atom. The van der Waals surface area contributed by atoms with E-state index in [9.17, 15) is 54.2 Å². The normalized spacial score (nSPS) is 14.1. The highest BCUT2D eigenvalue weighted by molar-refractivity contribution is 7.67. The number of aromatic nitrogens is 9. The number of hydrogen-bond donors (Lipinski definition) is 5. The van der Waals surface area contributed by atoms with E-state index in [0.29, 0.717) is 75.8 Å². The van der Waals surface area contributed by atoms with E-state index >= 15 is 0 Å². The number of carbonyl (C=O) groups excluding carboxylic acids is 2. The Hall–Kier alpha value is -10.3. The lowest BCUT2D eigenvalue weighted by Gasteiger charge is -2.39. The molecule has 2 saturated carbocycles. The van der Waals surface area contributed by atoms with Crippen molar-refractivity contribution >= 4 is 79.0 Å². The van der Waals surface area contributed by atoms with Gasteiger partial charge in [-0.2, -0.15) is 18.6 Å². The van der Waals surface area contributed by atoms with Gasteiger partial charge in [-0.25, -0.2) is 38.1 Å². The Bertz CT molecular complexity index is 5110. The van der Waals surface area contributed by atoms with Crippen molar-refractivity contribution in [1.29, 1.82) is 0 Å². The summed E-state index contributed by atoms with van der Waals surface area (Å²) in [5.41, 5.74) is 9.53. The van der Waals surface area contributed by atoms with Gasteiger partial charge in [-0.1, -0.05) is 158 Å². The Labute approximate surface area is 716 Å². The van der Waals surface area contributed by atoms with E-state index in [1.54, 1.807) is 101 Å². The number of aliphatic hydroxyl groups excluding tert-OH is 2. The van der Waals surface area contributed by atoms with Crippen molar-refractivity contribution in [3.05, 3.63) is 181 Å². The van der Waals surface area contributed by atoms with Crippen molar-refractivity contribution in [3.8, 4) is 68.0 Å². The molecule has 3 atom stereocenters. The number of benzene rings is 5. The molecule has 0 spiro atoms. The predicted octanol–water partition coefficient (Wildman–Crippen LogP) is 21.0. The highest BCUT2D eigenvalue weighted by atomic mass is 35.5. The van der Waals surface area contributed by atoms with Gasteiger partial charge in [0.15, 0.2) is 16.9 Å². The van der Waals surface area contributed by atoms with Crippen molar-refractivity contribution in [2.24, 2.45) is 0 Å². The van der Waals surface area contributed by atoms with Crippen LogP contribution in [0.3, 0.4) is 0 Å². The first-order valence-electron chi connectivity index (χ1n) is 39.9. The zero-order valence-electron chi connectivity index (χ0n) is 69.8. The maximum absolute atomic E-state index is 12.6. The number of hydrogen-bond acceptors (Lipinski definition) is 18. The summed E-state index contributed by atoms with van der Waals surface area (Å²) in [6.45, 7) is 16.5. The van der Waals surface area contributed by atoms with Crippen molar-refractivity contribution < 1.29 is 87.7 Å². The lowest BCUT2D eigenvalue weighted by atomic mass is 9.99. The number of aliphatic hydroxyl groups is 2. The van der Waals surface area contributed by atoms with Gasteiger partial charge in [-0.3, -0.25) is 0 Å². The van der Waals surface area contributed by atoms with Crippen molar-refractivity contribution in [2.75, 3.05) is 44.1 Å². The minimum absolute atomic E-state index is 0. The number of para-hydroxylation sites is 1. The van der Waals surface area contributed by atoms with Crippen LogP contribution in [0.1, 0.15) is 146 Å². The molecule has 2 aliphatic carbocycles. The fourth-order valence-electron chi connectivity index (χ4n) is 13.5. The van der Waals surface area contributed by atoms with Gasteiger partial charge in [0.1, 0.15) is 46.0 Å². The standard InChI is InChI=1S/C26H36NP.C22H25F3N4O4.C17H17F3N4O2.C13H7ClF3N3O.C9H19NO3.H2S/c1-27(2)25-19-11-9-17-23(25)24-18-10-12-20-26(24)28(21-13-5-3-6-14-21)22-15-7-4-8-16-22;1-5-15(27-20(30)33-21(2,3)4)13-31-19-10-9-18-26-12-17(29(18)28-19)14-7-6-8-16(11-14)32-22(23,24)25;1-2-12(10-25)22-15-6-7-16-21-9-14(24(16)23-15)11-4-3-5-13(8-11)26-17(18,19)20;14-11-4-5-12-18-7-10(20(12)19-11)8-2-1-3-9(6-8)21-13(15,16)17;1-5-7(6-11)10-8(12)13-9(2,3)4;/h9-12,17-22H,3-8,13-16H2,1-2H3;6-12,15H,5,13H2,1-4H3,(H,27,30);3-9,12,25H,2,10H2,1H3,(H,22,23);1-7H;7,11H,5-6H2,1-4H3,(H,10,12);1H2/t;15-;12-;;7-;/m.00.0./s1. The third kappa shape index (κ3) is 30.0. The molecule has 23 nitrogen and oxygen atoms in total. The average Bonchev–Trinajstić information content (AvgIpc) is 0.847. The molecule has 122 heavy (non-hydrogen) atoms. The SMILES string of the molecule is CC[C@@H](CO)NC(=O)OC(C)(C)C.CC[C@@H](CO)Nc1ccc2ncc(-c3cccc(OC(F)(F)F)c3)n2n1.CC[C@@H](COc1ccc2ncc(-c3cccc(OC(F)(F)F)c3)n2n1)NC(=O)OC(C)(C)C.CN(C)c1ccccc1-c1ccccc1P(C1CCCCC1)C1CCCCC1.FC(F)(F)Oc1cccc(-c2cnc3ccc(Cl)nn23)c1.S. The number of imidazole rings is 3. The molecule has 2 amide bonds. The number of nitrogens with one attached hydrogen (secondary N) is 3. The van der Waals surface area contributed by atoms with Crippen molar-refractivity contribution in [1.82, 2.24) is 54.4 Å². The van der Waals surface area contributed by atoms with Crippen LogP contribution in [0, 0.1) is 0 Å². The number of carbonyl (C=O) groups is 2. The largest absolute Gasteiger partial charge is 0.573 e. The van der Waals surface area contributed by atoms with Gasteiger partial charge >= 0.3 is 31.3 Å². The van der Waals surface area contributed by atoms with Crippen LogP contribution in [0.15, 0.2) is 176 Å². The monoisotopic (exact) mass is 1760 g/mol. The average molecular weight is 1760 g/mol. The molecule has 0 bridgehead atoms. The summed E-state index contributed by atoms with van der Waals surface area (Å²) < 4.78 is 144. The summed E-state index contributed by atoms with van der Waals surface area (Å²) >= 11 is 5.82. The molecular weight excluding hydrogens is 1660 g/mol. The Balaban J connectivity index is 0.000000194. The molecule has 11 aromatic rings. The van der Waals surface area contributed by atoms with E-state index in [2.05, 4.69) is 128 Å². The van der Waals surface area contributed by atoms with Gasteiger partial charge < -0.3 is 59.5 Å². The number of anilines is 2. The Kier molecular flexibility index (Phi) is 35.5. The molecule has 13 rings (SSSR count). The third-order valence-electron chi connectivity index (χ3n) is 19.1. The number of alkyl halides is 9. The first kappa shape index (κ1) is 97.1. The number of halogens is 10. The van der Waals surface area contributed by atoms with Crippen molar-refractivity contribution in [2.45, 2.75) is 206 Å². The molecule has 2 fully saturated rings. The van der Waals surface area contributed by atoms with Gasteiger partial charge in [0.2, 0.25) is 5.88 Å². The van der Waals surface area contributed by atoms with E-state index in [0.717, 1.165) is 11.3 Å². The second kappa shape index (κ2) is 44.6. The first-order chi connectivity index (χ1) is 57.4. The summed E-state index contributed by atoms with van der Waals surface area (Å²) in [5, 5.41) is 41.3. The number of amides is 2. The number of rotatable bonds is 23. The van der Waals surface area contributed by atoms with Crippen LogP contribution in [0.4, 0.5) is 60.6 Å². The van der Waals surface area contributed by atoms with E-state index in [4.69, 9.17) is 30.9 Å². The summed E-state index contributed by atoms with van der Waals surface area (Å²) in [5.74, 6) is -0.182. The van der Waals surface area contributed by atoms with Gasteiger partial charge in [-0.05, 0) is 181 Å². The molecule has 2 aliphatic rings. The molecular formula is C87H106ClF9N13O10PS. The van der Waals surface area contributed by atoms with Crippen LogP contribution < -0.4 is 45.1 Å². The third-order valence-corrected chi connectivity index (χ3v) is 22.8. The zero-order valence-corrected chi connectivity index (χ0v) is 72.5. The smallest absolute Gasteiger partial charge is 0.474 e. The lowest BCUT2D eigenvalue weighted by Crippen LogP contribution is -2.41. The van der Waals surface area contributed by atoms with E-state index in [-0.39, 0.29) is 87.6 Å². The second-order valence-electron chi connectivity index (χ2n) is 30.9. The molecule has 660 valence electrons. The molecule has 0 unspecified atom stereocenters. The Morgan fingerprint density at radius 2 is 0.902 bits per heavy atom. The van der Waals surface area contributed by atoms with E-state index < -0.39 is 42.5 Å². The van der Waals surface area contributed by atoms with Crippen LogP contribution in [-0.2, 0) is 9.47 Å². The minimum atomic E-state index is -4.79. The van der Waals surface area contributed by atoms with E-state index in [1.165, 1.54) is 168 Å². The van der Waals surface area contributed by atoms with Gasteiger partial charge in [-0.15, -0.1) is 49.7 Å². The van der Waals surface area contributed by atoms with Gasteiger partial charge in [0.25, 0.3) is 0 Å². The van der Waals surface area contributed by atoms with E-state index in [1.807, 2.05) is 20.8 Å². The summed E-state index contributed by atoms with van der Waals surface area (Å²) in [4.78, 5) is 38.0. The highest BCUT2D eigenvalue weighted by Crippen LogP contribution is 2.56. The van der Waals surface area contributed by atoms with Crippen LogP contribution in [-0.4, -0.2) is 160 Å². The highest BCUT2D eigenvalue weighted by Gasteiger charge is 2.36. The zero-order chi connectivity index (χ0) is 87.8. The quantitative estimate of drug-likeness (QED) is 0.0294. The number of ether oxygens (including phenoxy) is 6. The maximum atomic E-state index is 12.6. The second-order valence-corrected chi connectivity index (χ2v) is 34.0. The first-order valence-corrected chi connectivity index (χ1v) is 41.8. The van der Waals surface area contributed by atoms with Gasteiger partial charge in [0.05, 0.1) is 67.0 Å². The number of alkyl carbamates (subject to hydrolysis) is 2. The molecule has 0 aliphatic heterocycles. The molecule has 0 radical (unpaired) electrons. The molecule has 5 N–H and O–H groups in total. The number of nitrogens with zero attached hydrogens (tertiary/aromatic N) is 10. The fourth-order valence-corrected chi connectivity index (χ4v) is 17.6. The molecule has 5 aromatic carbocycles. The molecule has 6 aromatic heterocycles. The van der Waals surface area contributed by atoms with Crippen molar-refractivity contribution in [3.63, 3.8) is 0 Å². The van der Waals surface area contributed by atoms with Gasteiger partial charge in [0, 0.05) is 48.1 Å². The topological polar surface area (TPSA) is 260 Å². The molecule has 0 saturated heterocycles. The predicted molar refractivity (Wildman–Crippen MR) is 461 cm³/mol. The molecule has 35 heteroatoms. The Morgan fingerprint density at radius 1 is 0.500 bits per heavy atom. The summed E-state index contributed by atoms with van der Waals surface area (Å²) in [6, 6.07) is 44.5. The lowest BCUT2D eigenvalue weighted by molar-refractivity contribution is -0.275. The van der Waals surface area contributed by atoms with Crippen LogP contribution in [0.25, 0.3) is 61.8 Å². The number of fused-ring (bicyclic) bond motifs is 3. The van der Waals surface area contributed by atoms with Crippen LogP contribution in [0.5, 0.6) is 23.1 Å². The summed E-state index contributed by atoms with van der Waals surface area (Å²) in [6.07, 6.45) is 5.80. The fraction of sp³-hybridized carbons (Fsp3) is 0.425. The van der Waals surface area contributed by atoms with Crippen LogP contribution in [0.2, 0.25) is 5.15 Å². The van der Waals surface area contributed by atoms with Crippen LogP contribution >= 0.6 is 33.0 Å². The molecule has 6 heterocycles. The maximum Gasteiger partial charge on any atom is 0.573 e. The minimum Gasteiger partial charge on any atom is -0.474 e.